The Kier molecular flexibility index (Phi) is 3.97. The first-order valence-corrected chi connectivity index (χ1v) is 6.14. The summed E-state index contributed by atoms with van der Waals surface area (Å²) in [5.74, 6) is -0.0691. The molecule has 0 radical (unpaired) electrons. The lowest BCUT2D eigenvalue weighted by atomic mass is 10.2. The Balaban J connectivity index is 2.60. The van der Waals surface area contributed by atoms with Crippen LogP contribution in [0.5, 0.6) is 0 Å². The number of aromatic nitrogens is 2. The number of nitro groups is 1. The lowest BCUT2D eigenvalue weighted by Gasteiger charge is -2.19. The third-order valence-corrected chi connectivity index (χ3v) is 2.96. The Morgan fingerprint density at radius 1 is 1.38 bits per heavy atom. The molecule has 0 bridgehead atoms. The summed E-state index contributed by atoms with van der Waals surface area (Å²) in [6, 6.07) is 5.75. The predicted molar refractivity (Wildman–Crippen MR) is 77.4 cm³/mol. The van der Waals surface area contributed by atoms with Gasteiger partial charge in [0.25, 0.3) is 0 Å². The molecule has 8 heteroatoms. The maximum Gasteiger partial charge on any atom is 0.333 e. The highest BCUT2D eigenvalue weighted by atomic mass is 19.1. The van der Waals surface area contributed by atoms with Crippen LogP contribution in [0.25, 0.3) is 0 Å². The average Bonchev–Trinajstić information content (AvgIpc) is 2.45. The summed E-state index contributed by atoms with van der Waals surface area (Å²) < 4.78 is 13.3. The number of halogens is 1. The van der Waals surface area contributed by atoms with E-state index in [1.807, 2.05) is 0 Å². The van der Waals surface area contributed by atoms with Gasteiger partial charge >= 0.3 is 5.69 Å². The monoisotopic (exact) mass is 291 g/mol. The number of aryl methyl sites for hydroxylation is 1. The van der Waals surface area contributed by atoms with Gasteiger partial charge in [0.15, 0.2) is 0 Å². The van der Waals surface area contributed by atoms with E-state index in [1.54, 1.807) is 20.2 Å². The molecule has 110 valence electrons. The van der Waals surface area contributed by atoms with Gasteiger partial charge in [-0.15, -0.1) is 0 Å². The standard InChI is InChI=1S/C13H14FN5O2/c1-8-11(19(20)21)12(17-13(15-2)16-8)18(3)10-6-4-5-9(14)7-10/h4-7H,1-3H3,(H,15,16,17). The number of nitrogens with one attached hydrogen (secondary N) is 1. The summed E-state index contributed by atoms with van der Waals surface area (Å²) in [6.45, 7) is 1.53. The lowest BCUT2D eigenvalue weighted by Crippen LogP contribution is -2.16. The first-order chi connectivity index (χ1) is 9.93. The van der Waals surface area contributed by atoms with Crippen LogP contribution in [-0.4, -0.2) is 29.0 Å². The van der Waals surface area contributed by atoms with Crippen molar-refractivity contribution in [2.24, 2.45) is 0 Å². The van der Waals surface area contributed by atoms with Crippen molar-refractivity contribution in [1.82, 2.24) is 9.97 Å². The number of nitrogens with zero attached hydrogens (tertiary/aromatic N) is 4. The molecule has 1 heterocycles. The summed E-state index contributed by atoms with van der Waals surface area (Å²) >= 11 is 0. The van der Waals surface area contributed by atoms with Crippen LogP contribution in [0.3, 0.4) is 0 Å². The molecular formula is C13H14FN5O2. The minimum Gasteiger partial charge on any atom is -0.357 e. The molecule has 0 atom stereocenters. The van der Waals surface area contributed by atoms with Crippen LogP contribution in [0.4, 0.5) is 27.5 Å². The van der Waals surface area contributed by atoms with Crippen molar-refractivity contribution in [1.29, 1.82) is 0 Å². The Bertz CT molecular complexity index is 692. The van der Waals surface area contributed by atoms with Crippen molar-refractivity contribution in [2.45, 2.75) is 6.92 Å². The van der Waals surface area contributed by atoms with Crippen LogP contribution >= 0.6 is 0 Å². The van der Waals surface area contributed by atoms with E-state index in [0.29, 0.717) is 5.69 Å². The van der Waals surface area contributed by atoms with Gasteiger partial charge in [0, 0.05) is 19.8 Å². The van der Waals surface area contributed by atoms with Crippen molar-refractivity contribution in [3.63, 3.8) is 0 Å². The van der Waals surface area contributed by atoms with E-state index < -0.39 is 10.7 Å². The molecule has 0 spiro atoms. The lowest BCUT2D eigenvalue weighted by molar-refractivity contribution is -0.385. The zero-order chi connectivity index (χ0) is 15.6. The molecule has 7 nitrogen and oxygen atoms in total. The second-order valence-corrected chi connectivity index (χ2v) is 4.35. The van der Waals surface area contributed by atoms with Gasteiger partial charge in [0.1, 0.15) is 11.5 Å². The highest BCUT2D eigenvalue weighted by Gasteiger charge is 2.25. The molecule has 1 N–H and O–H groups in total. The molecule has 2 rings (SSSR count). The SMILES string of the molecule is CNc1nc(C)c([N+](=O)[O-])c(N(C)c2cccc(F)c2)n1. The van der Waals surface area contributed by atoms with Crippen molar-refractivity contribution in [2.75, 3.05) is 24.3 Å². The quantitative estimate of drug-likeness (QED) is 0.688. The van der Waals surface area contributed by atoms with E-state index in [-0.39, 0.29) is 23.1 Å². The van der Waals surface area contributed by atoms with E-state index in [0.717, 1.165) is 0 Å². The van der Waals surface area contributed by atoms with E-state index >= 15 is 0 Å². The maximum absolute atomic E-state index is 13.3. The van der Waals surface area contributed by atoms with Gasteiger partial charge in [-0.3, -0.25) is 10.1 Å². The van der Waals surface area contributed by atoms with Crippen LogP contribution < -0.4 is 10.2 Å². The zero-order valence-corrected chi connectivity index (χ0v) is 11.8. The van der Waals surface area contributed by atoms with Gasteiger partial charge in [0.05, 0.1) is 4.92 Å². The minimum absolute atomic E-state index is 0.0995. The van der Waals surface area contributed by atoms with Crippen LogP contribution in [0.2, 0.25) is 0 Å². The second-order valence-electron chi connectivity index (χ2n) is 4.35. The predicted octanol–water partition coefficient (Wildman–Crippen LogP) is 2.64. The third-order valence-electron chi connectivity index (χ3n) is 2.96. The molecular weight excluding hydrogens is 277 g/mol. The van der Waals surface area contributed by atoms with Gasteiger partial charge in [-0.05, 0) is 25.1 Å². The fourth-order valence-corrected chi connectivity index (χ4v) is 1.92. The number of anilines is 3. The number of rotatable bonds is 4. The number of hydrogen-bond donors (Lipinski definition) is 1. The first kappa shape index (κ1) is 14.6. The number of hydrogen-bond acceptors (Lipinski definition) is 6. The summed E-state index contributed by atoms with van der Waals surface area (Å²) in [5.41, 5.74) is 0.483. The molecule has 2 aromatic rings. The molecule has 0 unspecified atom stereocenters. The van der Waals surface area contributed by atoms with E-state index in [4.69, 9.17) is 0 Å². The van der Waals surface area contributed by atoms with E-state index in [1.165, 1.54) is 30.0 Å². The Labute approximate surface area is 120 Å². The molecule has 1 aromatic heterocycles. The van der Waals surface area contributed by atoms with Gasteiger partial charge in [-0.1, -0.05) is 6.07 Å². The topological polar surface area (TPSA) is 84.2 Å². The maximum atomic E-state index is 13.3. The summed E-state index contributed by atoms with van der Waals surface area (Å²) in [6.07, 6.45) is 0. The van der Waals surface area contributed by atoms with Crippen molar-refractivity contribution in [3.8, 4) is 0 Å². The van der Waals surface area contributed by atoms with E-state index in [2.05, 4.69) is 15.3 Å². The fourth-order valence-electron chi connectivity index (χ4n) is 1.92. The average molecular weight is 291 g/mol. The normalized spacial score (nSPS) is 10.3. The molecule has 0 saturated carbocycles. The number of benzene rings is 1. The highest BCUT2D eigenvalue weighted by Crippen LogP contribution is 2.33. The van der Waals surface area contributed by atoms with Gasteiger partial charge in [-0.25, -0.2) is 9.37 Å². The minimum atomic E-state index is -0.542. The second kappa shape index (κ2) is 5.70. The molecule has 1 aromatic carbocycles. The molecule has 0 amide bonds. The molecule has 21 heavy (non-hydrogen) atoms. The molecule has 0 aliphatic carbocycles. The molecule has 0 fully saturated rings. The first-order valence-electron chi connectivity index (χ1n) is 6.14. The van der Waals surface area contributed by atoms with Crippen molar-refractivity contribution >= 4 is 23.1 Å². The van der Waals surface area contributed by atoms with E-state index in [9.17, 15) is 14.5 Å². The summed E-state index contributed by atoms with van der Waals surface area (Å²) in [4.78, 5) is 20.3. The van der Waals surface area contributed by atoms with Gasteiger partial charge in [0.2, 0.25) is 11.8 Å². The third kappa shape index (κ3) is 2.88. The van der Waals surface area contributed by atoms with Crippen LogP contribution in [-0.2, 0) is 0 Å². The summed E-state index contributed by atoms with van der Waals surface area (Å²) in [7, 11) is 3.20. The van der Waals surface area contributed by atoms with Crippen LogP contribution in [0.15, 0.2) is 24.3 Å². The molecule has 0 saturated heterocycles. The van der Waals surface area contributed by atoms with Gasteiger partial charge in [-0.2, -0.15) is 4.98 Å². The van der Waals surface area contributed by atoms with Crippen LogP contribution in [0.1, 0.15) is 5.69 Å². The fraction of sp³-hybridized carbons (Fsp3) is 0.231. The van der Waals surface area contributed by atoms with Crippen LogP contribution in [0, 0.1) is 22.9 Å². The van der Waals surface area contributed by atoms with Crippen molar-refractivity contribution < 1.29 is 9.31 Å². The zero-order valence-electron chi connectivity index (χ0n) is 11.8. The van der Waals surface area contributed by atoms with Gasteiger partial charge < -0.3 is 10.2 Å². The highest BCUT2D eigenvalue weighted by molar-refractivity contribution is 5.70. The Hall–Kier alpha value is -2.77. The Morgan fingerprint density at radius 3 is 2.67 bits per heavy atom. The molecule has 0 aliphatic rings. The van der Waals surface area contributed by atoms with Crippen molar-refractivity contribution in [3.05, 3.63) is 45.9 Å². The molecule has 0 aliphatic heterocycles. The largest absolute Gasteiger partial charge is 0.357 e. The summed E-state index contributed by atoms with van der Waals surface area (Å²) in [5, 5.41) is 14.0. The Morgan fingerprint density at radius 2 is 2.10 bits per heavy atom. The smallest absolute Gasteiger partial charge is 0.333 e.